The smallest absolute Gasteiger partial charge is 0.170 e. The quantitative estimate of drug-likeness (QED) is 0.540. The zero-order chi connectivity index (χ0) is 23.2. The summed E-state index contributed by atoms with van der Waals surface area (Å²) in [6, 6.07) is 17.0. The van der Waals surface area contributed by atoms with Crippen molar-refractivity contribution in [2.24, 2.45) is 0 Å². The van der Waals surface area contributed by atoms with Gasteiger partial charge in [0.2, 0.25) is 0 Å². The van der Waals surface area contributed by atoms with Crippen molar-refractivity contribution in [2.45, 2.75) is 44.9 Å². The summed E-state index contributed by atoms with van der Waals surface area (Å²) in [7, 11) is 2.17. The van der Waals surface area contributed by atoms with Crippen LogP contribution in [0.15, 0.2) is 73.2 Å². The molecule has 0 saturated carbocycles. The highest BCUT2D eigenvalue weighted by Crippen LogP contribution is 2.44. The van der Waals surface area contributed by atoms with Gasteiger partial charge in [-0.3, -0.25) is 9.97 Å². The molecule has 0 bridgehead atoms. The molecule has 168 valence electrons. The summed E-state index contributed by atoms with van der Waals surface area (Å²) in [5.41, 5.74) is 7.22. The molecule has 1 saturated heterocycles. The average molecular weight is 456 g/mol. The van der Waals surface area contributed by atoms with E-state index in [2.05, 4.69) is 83.2 Å². The van der Waals surface area contributed by atoms with E-state index in [0.29, 0.717) is 6.54 Å². The van der Waals surface area contributed by atoms with Crippen LogP contribution in [0.1, 0.15) is 55.2 Å². The van der Waals surface area contributed by atoms with Gasteiger partial charge in [0.1, 0.15) is 0 Å². The second-order valence-electron chi connectivity index (χ2n) is 9.43. The largest absolute Gasteiger partial charge is 0.366 e. The number of hydrogen-bond acceptors (Lipinski definition) is 4. The van der Waals surface area contributed by atoms with E-state index in [1.165, 1.54) is 28.0 Å². The monoisotopic (exact) mass is 455 g/mol. The van der Waals surface area contributed by atoms with Gasteiger partial charge in [-0.2, -0.15) is 0 Å². The van der Waals surface area contributed by atoms with Crippen molar-refractivity contribution in [1.82, 2.24) is 20.2 Å². The Bertz CT molecular complexity index is 1210. The van der Waals surface area contributed by atoms with Gasteiger partial charge < -0.3 is 15.1 Å². The van der Waals surface area contributed by atoms with E-state index in [0.717, 1.165) is 10.8 Å². The van der Waals surface area contributed by atoms with Gasteiger partial charge in [0, 0.05) is 43.4 Å². The molecule has 33 heavy (non-hydrogen) atoms. The van der Waals surface area contributed by atoms with E-state index in [1.54, 1.807) is 0 Å². The Morgan fingerprint density at radius 2 is 1.85 bits per heavy atom. The number of pyridine rings is 2. The molecule has 4 heterocycles. The molecule has 2 unspecified atom stereocenters. The van der Waals surface area contributed by atoms with Crippen molar-refractivity contribution in [2.75, 3.05) is 11.9 Å². The van der Waals surface area contributed by atoms with E-state index in [1.807, 2.05) is 42.9 Å². The highest BCUT2D eigenvalue weighted by atomic mass is 32.1. The van der Waals surface area contributed by atoms with Gasteiger partial charge in [-0.15, -0.1) is 0 Å². The maximum absolute atomic E-state index is 5.84. The molecule has 2 aliphatic rings. The van der Waals surface area contributed by atoms with Gasteiger partial charge in [0.05, 0.1) is 23.3 Å². The molecular formula is C27H29N5S. The fourth-order valence-corrected chi connectivity index (χ4v) is 5.29. The van der Waals surface area contributed by atoms with Crippen molar-refractivity contribution in [1.29, 1.82) is 0 Å². The summed E-state index contributed by atoms with van der Waals surface area (Å²) >= 11 is 5.84. The maximum Gasteiger partial charge on any atom is 0.170 e. The summed E-state index contributed by atoms with van der Waals surface area (Å²) in [5, 5.41) is 4.30. The normalized spacial score (nSPS) is 21.5. The fraction of sp³-hybridized carbons (Fsp3) is 0.296. The first-order chi connectivity index (χ1) is 15.8. The first kappa shape index (κ1) is 21.6. The molecule has 2 atom stereocenters. The average Bonchev–Trinajstić information content (AvgIpc) is 3.14. The Hall–Kier alpha value is -3.25. The highest BCUT2D eigenvalue weighted by molar-refractivity contribution is 7.80. The van der Waals surface area contributed by atoms with Crippen LogP contribution in [-0.2, 0) is 6.54 Å². The number of hydrogen-bond donors (Lipinski definition) is 1. The minimum absolute atomic E-state index is 0.0149. The van der Waals surface area contributed by atoms with E-state index in [-0.39, 0.29) is 17.6 Å². The first-order valence-corrected chi connectivity index (χ1v) is 11.7. The summed E-state index contributed by atoms with van der Waals surface area (Å²) in [4.78, 5) is 13.5. The number of allylic oxidation sites excluding steroid dienone is 1. The zero-order valence-electron chi connectivity index (χ0n) is 19.5. The number of thiocarbonyl (C=S) groups is 1. The number of benzene rings is 1. The lowest BCUT2D eigenvalue weighted by Crippen LogP contribution is -2.42. The molecule has 0 spiro atoms. The van der Waals surface area contributed by atoms with E-state index in [9.17, 15) is 0 Å². The Kier molecular flexibility index (Phi) is 5.41. The summed E-state index contributed by atoms with van der Waals surface area (Å²) in [5.74, 6) is 0. The predicted octanol–water partition coefficient (Wildman–Crippen LogP) is 5.28. The SMILES string of the molecule is CC1=CC(C)(C)N(C)c2ccc(C3C(c4ccccn4)NC(=S)N3Cc3ccncc3)cc21. The number of nitrogens with zero attached hydrogens (tertiary/aromatic N) is 4. The van der Waals surface area contributed by atoms with Gasteiger partial charge in [0.15, 0.2) is 5.11 Å². The highest BCUT2D eigenvalue weighted by Gasteiger charge is 2.40. The first-order valence-electron chi connectivity index (χ1n) is 11.3. The second kappa shape index (κ2) is 8.27. The molecule has 2 aromatic heterocycles. The molecule has 2 aliphatic heterocycles. The van der Waals surface area contributed by atoms with Crippen LogP contribution in [-0.4, -0.2) is 32.6 Å². The summed E-state index contributed by atoms with van der Waals surface area (Å²) in [6.45, 7) is 7.42. The summed E-state index contributed by atoms with van der Waals surface area (Å²) in [6.07, 6.45) is 7.86. The van der Waals surface area contributed by atoms with Crippen molar-refractivity contribution in [3.8, 4) is 0 Å². The van der Waals surface area contributed by atoms with Crippen LogP contribution in [0.3, 0.4) is 0 Å². The third-order valence-corrected chi connectivity index (χ3v) is 7.23. The van der Waals surface area contributed by atoms with E-state index < -0.39 is 0 Å². The molecule has 5 nitrogen and oxygen atoms in total. The lowest BCUT2D eigenvalue weighted by molar-refractivity contribution is 0.311. The van der Waals surface area contributed by atoms with E-state index >= 15 is 0 Å². The van der Waals surface area contributed by atoms with Crippen LogP contribution in [0.5, 0.6) is 0 Å². The van der Waals surface area contributed by atoms with Gasteiger partial charge in [-0.05, 0) is 86.1 Å². The number of rotatable bonds is 4. The molecule has 0 amide bonds. The van der Waals surface area contributed by atoms with Crippen molar-refractivity contribution in [3.63, 3.8) is 0 Å². The Morgan fingerprint density at radius 1 is 1.06 bits per heavy atom. The maximum atomic E-state index is 5.84. The van der Waals surface area contributed by atoms with Crippen LogP contribution < -0.4 is 10.2 Å². The number of anilines is 1. The Morgan fingerprint density at radius 3 is 2.58 bits per heavy atom. The van der Waals surface area contributed by atoms with Gasteiger partial charge in [-0.1, -0.05) is 18.2 Å². The number of nitrogens with one attached hydrogen (secondary N) is 1. The predicted molar refractivity (Wildman–Crippen MR) is 138 cm³/mol. The fourth-order valence-electron chi connectivity index (χ4n) is 4.99. The minimum atomic E-state index is -0.0272. The van der Waals surface area contributed by atoms with Gasteiger partial charge in [-0.25, -0.2) is 0 Å². The molecule has 1 aromatic carbocycles. The standard InChI is InChI=1S/C27H29N5S/c1-18-16-27(2,3)31(4)23-9-8-20(15-21(18)23)25-24(22-7-5-6-12-29-22)30-26(33)32(25)17-19-10-13-28-14-11-19/h5-16,24-25H,17H2,1-4H3,(H,30,33). The molecule has 6 heteroatoms. The summed E-state index contributed by atoms with van der Waals surface area (Å²) < 4.78 is 0. The molecule has 3 aromatic rings. The minimum Gasteiger partial charge on any atom is -0.366 e. The topological polar surface area (TPSA) is 44.3 Å². The van der Waals surface area contributed by atoms with Crippen molar-refractivity contribution in [3.05, 3.63) is 95.6 Å². The van der Waals surface area contributed by atoms with E-state index in [4.69, 9.17) is 12.2 Å². The molecule has 1 N–H and O–H groups in total. The van der Waals surface area contributed by atoms with Crippen LogP contribution in [0, 0.1) is 0 Å². The van der Waals surface area contributed by atoms with Crippen molar-refractivity contribution >= 4 is 28.6 Å². The van der Waals surface area contributed by atoms with Gasteiger partial charge >= 0.3 is 0 Å². The molecule has 0 aliphatic carbocycles. The van der Waals surface area contributed by atoms with Gasteiger partial charge in [0.25, 0.3) is 0 Å². The Labute approximate surface area is 201 Å². The van der Waals surface area contributed by atoms with Crippen LogP contribution >= 0.6 is 12.2 Å². The third kappa shape index (κ3) is 3.89. The second-order valence-corrected chi connectivity index (χ2v) is 9.81. The third-order valence-electron chi connectivity index (χ3n) is 6.88. The molecule has 0 radical (unpaired) electrons. The Balaban J connectivity index is 1.60. The zero-order valence-corrected chi connectivity index (χ0v) is 20.3. The molecule has 5 rings (SSSR count). The number of fused-ring (bicyclic) bond motifs is 1. The van der Waals surface area contributed by atoms with Crippen LogP contribution in [0.25, 0.3) is 5.57 Å². The van der Waals surface area contributed by atoms with Crippen molar-refractivity contribution < 1.29 is 0 Å². The number of likely N-dealkylation sites (N-methyl/N-ethyl adjacent to an activating group) is 1. The molecular weight excluding hydrogens is 426 g/mol. The van der Waals surface area contributed by atoms with Crippen LogP contribution in [0.4, 0.5) is 5.69 Å². The molecule has 1 fully saturated rings. The lowest BCUT2D eigenvalue weighted by Gasteiger charge is -2.41. The lowest BCUT2D eigenvalue weighted by atomic mass is 9.86. The van der Waals surface area contributed by atoms with Crippen LogP contribution in [0.2, 0.25) is 0 Å². The number of aromatic nitrogens is 2.